The Bertz CT molecular complexity index is 20.4. The quantitative estimate of drug-likeness (QED) is 0.525. The zero-order chi connectivity index (χ0) is 6.12. The van der Waals surface area contributed by atoms with Crippen LogP contribution in [0, 0.1) is 0 Å². The molecule has 4 heteroatoms. The molecule has 0 aromatic heterocycles. The normalized spacial score (nSPS) is 7.14. The van der Waals surface area contributed by atoms with E-state index >= 15 is 0 Å². The summed E-state index contributed by atoms with van der Waals surface area (Å²) in [5, 5.41) is 0. The van der Waals surface area contributed by atoms with Crippen LogP contribution < -0.4 is 0 Å². The zero-order valence-corrected chi connectivity index (χ0v) is 16.4. The Morgan fingerprint density at radius 2 is 2.00 bits per heavy atom. The fourth-order valence-corrected chi connectivity index (χ4v) is 1.27. The van der Waals surface area contributed by atoms with Gasteiger partial charge in [-0.15, -0.1) is 0 Å². The van der Waals surface area contributed by atoms with Crippen molar-refractivity contribution in [1.29, 1.82) is 0 Å². The average Bonchev–Trinajstić information content (AvgIpc) is 1.75. The summed E-state index contributed by atoms with van der Waals surface area (Å²) in [7, 11) is 6.58. The Morgan fingerprint density at radius 1 is 1.57 bits per heavy atom. The molecule has 0 spiro atoms. The van der Waals surface area contributed by atoms with Gasteiger partial charge in [0.05, 0.1) is 0 Å². The van der Waals surface area contributed by atoms with Crippen molar-refractivity contribution in [3.8, 4) is 0 Å². The second-order valence-corrected chi connectivity index (χ2v) is 3.60. The molecule has 0 aliphatic heterocycles. The van der Waals surface area contributed by atoms with E-state index in [1.807, 2.05) is 0 Å². The van der Waals surface area contributed by atoms with Crippen LogP contribution in [0.2, 0.25) is 3.93 Å². The molecule has 0 N–H and O–H groups in total. The second-order valence-electron chi connectivity index (χ2n) is 0.846. The third-order valence-corrected chi connectivity index (χ3v) is 1.47. The third kappa shape index (κ3) is 17.9. The van der Waals surface area contributed by atoms with Gasteiger partial charge in [-0.2, -0.15) is 0 Å². The second kappa shape index (κ2) is 15.7. The predicted octanol–water partition coefficient (Wildman–Crippen LogP) is 1.28. The van der Waals surface area contributed by atoms with E-state index in [0.29, 0.717) is 24.9 Å². The summed E-state index contributed by atoms with van der Waals surface area (Å²) < 4.78 is 6.06. The van der Waals surface area contributed by atoms with Gasteiger partial charge in [0.1, 0.15) is 0 Å². The summed E-state index contributed by atoms with van der Waals surface area (Å²) in [6, 6.07) is 0. The van der Waals surface area contributed by atoms with Crippen molar-refractivity contribution in [2.24, 2.45) is 0 Å². The Morgan fingerprint density at radius 3 is 2.00 bits per heavy atom. The van der Waals surface area contributed by atoms with Crippen LogP contribution in [0.4, 0.5) is 0 Å². The van der Waals surface area contributed by atoms with Gasteiger partial charge < -0.3 is 0 Å². The first-order valence-corrected chi connectivity index (χ1v) is 12.6. The van der Waals surface area contributed by atoms with Crippen LogP contribution in [0.15, 0.2) is 0 Å². The standard InChI is InChI=1S/C3H7O.ClH.2Hg/c1-3-4-2;;;/h1,3H2,2H3;1H;;/q;;;+1/p-1. The zero-order valence-electron chi connectivity index (χ0n) is 4.61. The predicted molar refractivity (Wildman–Crippen MR) is 22.5 cm³/mol. The van der Waals surface area contributed by atoms with Crippen molar-refractivity contribution in [2.45, 2.75) is 3.93 Å². The number of halogens is 1. The van der Waals surface area contributed by atoms with Gasteiger partial charge in [-0.05, 0) is 0 Å². The van der Waals surface area contributed by atoms with Gasteiger partial charge in [0, 0.05) is 0 Å². The number of hydrogen-bond donors (Lipinski definition) is 0. The molecule has 0 saturated heterocycles. The minimum atomic E-state index is 0.500. The van der Waals surface area contributed by atoms with Crippen LogP contribution in [-0.4, -0.2) is 13.7 Å². The molecule has 0 bridgehead atoms. The first-order valence-electron chi connectivity index (χ1n) is 1.96. The van der Waals surface area contributed by atoms with Crippen molar-refractivity contribution in [3.05, 3.63) is 0 Å². The SMILES string of the molecule is COC[CH2][Hg].[Cl][Hg]. The minimum absolute atomic E-state index is 0.500. The van der Waals surface area contributed by atoms with E-state index in [-0.39, 0.29) is 0 Å². The van der Waals surface area contributed by atoms with E-state index in [9.17, 15) is 0 Å². The van der Waals surface area contributed by atoms with E-state index in [1.165, 1.54) is 3.93 Å². The van der Waals surface area contributed by atoms with E-state index in [0.717, 1.165) is 32.7 Å². The van der Waals surface area contributed by atoms with Crippen LogP contribution in [-0.2, 0) is 55.7 Å². The van der Waals surface area contributed by atoms with Crippen molar-refractivity contribution < 1.29 is 55.7 Å². The molecule has 0 unspecified atom stereocenters. The summed E-state index contributed by atoms with van der Waals surface area (Å²) in [5.74, 6) is 0. The first-order chi connectivity index (χ1) is 3.41. The number of methoxy groups -OCH3 is 1. The van der Waals surface area contributed by atoms with Gasteiger partial charge in [-0.25, -0.2) is 0 Å². The Balaban J connectivity index is 0. The van der Waals surface area contributed by atoms with Gasteiger partial charge in [0.15, 0.2) is 0 Å². The molecular weight excluding hydrogens is 489 g/mol. The molecule has 0 radical (unpaired) electrons. The van der Waals surface area contributed by atoms with Crippen molar-refractivity contribution >= 4 is 8.25 Å². The fraction of sp³-hybridized carbons (Fsp3) is 1.00. The van der Waals surface area contributed by atoms with Crippen molar-refractivity contribution in [3.63, 3.8) is 0 Å². The molecule has 1 nitrogen and oxygen atoms in total. The number of rotatable bonds is 2. The van der Waals surface area contributed by atoms with Gasteiger partial charge in [-0.3, -0.25) is 0 Å². The molecule has 0 aliphatic carbocycles. The Labute approximate surface area is 80.5 Å². The van der Waals surface area contributed by atoms with E-state index in [2.05, 4.69) is 0 Å². The third-order valence-electron chi connectivity index (χ3n) is 0.348. The number of hydrogen-bond acceptors (Lipinski definition) is 1. The monoisotopic (exact) mass is 498 g/mol. The molecular formula is C3H7ClHg2O. The van der Waals surface area contributed by atoms with E-state index in [4.69, 9.17) is 13.0 Å². The van der Waals surface area contributed by atoms with E-state index < -0.39 is 0 Å². The van der Waals surface area contributed by atoms with Crippen molar-refractivity contribution in [1.82, 2.24) is 0 Å². The fourth-order valence-electron chi connectivity index (χ4n) is 0.144. The van der Waals surface area contributed by atoms with Crippen LogP contribution in [0.3, 0.4) is 0 Å². The molecule has 0 rings (SSSR count). The topological polar surface area (TPSA) is 9.23 Å². The van der Waals surface area contributed by atoms with E-state index in [1.54, 1.807) is 7.11 Å². The van der Waals surface area contributed by atoms with Crippen LogP contribution in [0.25, 0.3) is 0 Å². The summed E-state index contributed by atoms with van der Waals surface area (Å²) in [4.78, 5) is 0. The van der Waals surface area contributed by atoms with Gasteiger partial charge in [0.2, 0.25) is 0 Å². The summed E-state index contributed by atoms with van der Waals surface area (Å²) in [5.41, 5.74) is 0. The Hall–Kier alpha value is 2.12. The molecule has 0 aliphatic rings. The molecule has 0 saturated carbocycles. The first kappa shape index (κ1) is 11.9. The number of ether oxygens (including phenoxy) is 1. The summed E-state index contributed by atoms with van der Waals surface area (Å²) in [6.45, 7) is 0.975. The maximum atomic E-state index is 4.83. The molecule has 0 amide bonds. The average molecular weight is 496 g/mol. The summed E-state index contributed by atoms with van der Waals surface area (Å²) >= 11 is 1.45. The molecule has 7 heavy (non-hydrogen) atoms. The molecule has 0 aromatic carbocycles. The molecule has 0 heterocycles. The van der Waals surface area contributed by atoms with Crippen LogP contribution in [0.5, 0.6) is 0 Å². The maximum absolute atomic E-state index is 4.83. The van der Waals surface area contributed by atoms with Crippen LogP contribution in [0.1, 0.15) is 0 Å². The van der Waals surface area contributed by atoms with Gasteiger partial charge in [0.25, 0.3) is 0 Å². The van der Waals surface area contributed by atoms with Gasteiger partial charge in [-0.1, -0.05) is 0 Å². The molecule has 0 fully saturated rings. The molecule has 0 aromatic rings. The molecule has 0 atom stereocenters. The van der Waals surface area contributed by atoms with Gasteiger partial charge >= 0.3 is 81.6 Å². The Kier molecular flexibility index (Phi) is 26.6. The molecule has 36 valence electrons. The van der Waals surface area contributed by atoms with Crippen molar-refractivity contribution in [2.75, 3.05) is 13.7 Å². The summed E-state index contributed by atoms with van der Waals surface area (Å²) in [6.07, 6.45) is 0. The van der Waals surface area contributed by atoms with Crippen LogP contribution >= 0.6 is 8.25 Å².